The second kappa shape index (κ2) is 7.04. The highest BCUT2D eigenvalue weighted by Gasteiger charge is 2.22. The molecule has 0 unspecified atom stereocenters. The molecule has 9 heteroatoms. The van der Waals surface area contributed by atoms with Crippen LogP contribution < -0.4 is 16.8 Å². The molecule has 0 aliphatic heterocycles. The van der Waals surface area contributed by atoms with Crippen molar-refractivity contribution >= 4 is 23.2 Å². The predicted molar refractivity (Wildman–Crippen MR) is 69.9 cm³/mol. The van der Waals surface area contributed by atoms with Gasteiger partial charge in [-0.3, -0.25) is 19.7 Å². The van der Waals surface area contributed by atoms with E-state index >= 15 is 0 Å². The van der Waals surface area contributed by atoms with Crippen molar-refractivity contribution < 1.29 is 19.2 Å². The zero-order valence-electron chi connectivity index (χ0n) is 10.5. The first-order valence-electron chi connectivity index (χ1n) is 5.60. The van der Waals surface area contributed by atoms with Crippen LogP contribution in [0.25, 0.3) is 0 Å². The van der Waals surface area contributed by atoms with E-state index in [0.717, 1.165) is 0 Å². The fourth-order valence-electron chi connectivity index (χ4n) is 1.45. The van der Waals surface area contributed by atoms with Gasteiger partial charge in [0.1, 0.15) is 17.9 Å². The smallest absolute Gasteiger partial charge is 0.304 e. The largest absolute Gasteiger partial charge is 0.393 e. The van der Waals surface area contributed by atoms with Gasteiger partial charge in [0, 0.05) is 6.54 Å². The van der Waals surface area contributed by atoms with Gasteiger partial charge in [0.25, 0.3) is 5.91 Å². The monoisotopic (exact) mass is 282 g/mol. The topological polar surface area (TPSA) is 151 Å². The fourth-order valence-corrected chi connectivity index (χ4v) is 1.45. The van der Waals surface area contributed by atoms with E-state index in [9.17, 15) is 19.7 Å². The summed E-state index contributed by atoms with van der Waals surface area (Å²) in [6, 6.07) is 4.08. The number of primary amides is 1. The number of rotatable bonds is 7. The Balaban J connectivity index is 2.62. The highest BCUT2D eigenvalue weighted by molar-refractivity contribution is 6.00. The van der Waals surface area contributed by atoms with E-state index in [4.69, 9.17) is 16.2 Å². The van der Waals surface area contributed by atoms with Gasteiger partial charge in [-0.2, -0.15) is 0 Å². The molecule has 0 aliphatic carbocycles. The molecule has 0 radical (unpaired) electrons. The number of carbonyl (C=O) groups excluding carboxylic acids is 2. The Morgan fingerprint density at radius 1 is 1.40 bits per heavy atom. The van der Waals surface area contributed by atoms with Crippen LogP contribution in [0, 0.1) is 10.1 Å². The maximum Gasteiger partial charge on any atom is 0.304 e. The highest BCUT2D eigenvalue weighted by atomic mass is 16.6. The van der Waals surface area contributed by atoms with Crippen LogP contribution in [0.3, 0.4) is 0 Å². The van der Waals surface area contributed by atoms with Gasteiger partial charge in [-0.25, -0.2) is 0 Å². The Morgan fingerprint density at radius 3 is 2.70 bits per heavy atom. The van der Waals surface area contributed by atoms with Crippen LogP contribution in [-0.2, 0) is 9.53 Å². The molecule has 0 saturated heterocycles. The van der Waals surface area contributed by atoms with Crippen LogP contribution >= 0.6 is 0 Å². The standard InChI is InChI=1S/C11H14N4O5/c12-8-3-1-2-7(10(8)15(18)19)11(17)14-4-5-20-6-9(13)16/h1-3H,4-6,12H2,(H2,13,16)(H,14,17). The van der Waals surface area contributed by atoms with Gasteiger partial charge in [-0.1, -0.05) is 6.07 Å². The van der Waals surface area contributed by atoms with Crippen molar-refractivity contribution in [3.8, 4) is 0 Å². The van der Waals surface area contributed by atoms with Crippen molar-refractivity contribution in [1.29, 1.82) is 0 Å². The van der Waals surface area contributed by atoms with Crippen molar-refractivity contribution in [3.05, 3.63) is 33.9 Å². The molecule has 1 aromatic rings. The van der Waals surface area contributed by atoms with E-state index in [1.165, 1.54) is 18.2 Å². The van der Waals surface area contributed by atoms with Crippen LogP contribution in [0.2, 0.25) is 0 Å². The van der Waals surface area contributed by atoms with Crippen LogP contribution in [0.15, 0.2) is 18.2 Å². The molecule has 0 aromatic heterocycles. The molecule has 0 fully saturated rings. The Hall–Kier alpha value is -2.68. The first kappa shape index (κ1) is 15.4. The first-order chi connectivity index (χ1) is 9.43. The number of nitrogens with zero attached hydrogens (tertiary/aromatic N) is 1. The lowest BCUT2D eigenvalue weighted by Gasteiger charge is -2.07. The van der Waals surface area contributed by atoms with Crippen molar-refractivity contribution in [2.45, 2.75) is 0 Å². The van der Waals surface area contributed by atoms with Gasteiger partial charge in [-0.05, 0) is 12.1 Å². The van der Waals surface area contributed by atoms with Gasteiger partial charge in [0.2, 0.25) is 5.91 Å². The molecule has 0 heterocycles. The van der Waals surface area contributed by atoms with Crippen LogP contribution in [0.5, 0.6) is 0 Å². The number of anilines is 1. The minimum atomic E-state index is -0.714. The van der Waals surface area contributed by atoms with Crippen molar-refractivity contribution in [2.75, 3.05) is 25.5 Å². The number of amides is 2. The molecular weight excluding hydrogens is 268 g/mol. The number of nitrogens with one attached hydrogen (secondary N) is 1. The quantitative estimate of drug-likeness (QED) is 0.263. The number of hydrogen-bond acceptors (Lipinski definition) is 6. The third-order valence-corrected chi connectivity index (χ3v) is 2.27. The number of hydrogen-bond donors (Lipinski definition) is 3. The van der Waals surface area contributed by atoms with Crippen LogP contribution in [-0.4, -0.2) is 36.5 Å². The molecule has 108 valence electrons. The zero-order valence-corrected chi connectivity index (χ0v) is 10.5. The van der Waals surface area contributed by atoms with E-state index in [1.807, 2.05) is 0 Å². The number of nitro groups is 1. The first-order valence-corrected chi connectivity index (χ1v) is 5.60. The fraction of sp³-hybridized carbons (Fsp3) is 0.273. The minimum absolute atomic E-state index is 0.0603. The summed E-state index contributed by atoms with van der Waals surface area (Å²) in [7, 11) is 0. The van der Waals surface area contributed by atoms with Gasteiger partial charge >= 0.3 is 5.69 Å². The summed E-state index contributed by atoms with van der Waals surface area (Å²) in [4.78, 5) is 32.4. The van der Waals surface area contributed by atoms with E-state index in [0.29, 0.717) is 0 Å². The molecule has 9 nitrogen and oxygen atoms in total. The van der Waals surface area contributed by atoms with Crippen LogP contribution in [0.1, 0.15) is 10.4 Å². The third kappa shape index (κ3) is 4.21. The maximum absolute atomic E-state index is 11.8. The Bertz CT molecular complexity index is 532. The Morgan fingerprint density at radius 2 is 2.10 bits per heavy atom. The van der Waals surface area contributed by atoms with Crippen molar-refractivity contribution in [1.82, 2.24) is 5.32 Å². The summed E-state index contributed by atoms with van der Waals surface area (Å²) in [6.45, 7) is -0.114. The Labute approximate surface area is 114 Å². The number of nitro benzene ring substituents is 1. The summed E-state index contributed by atoms with van der Waals surface area (Å²) in [5.41, 5.74) is 9.66. The van der Waals surface area contributed by atoms with E-state index in [-0.39, 0.29) is 31.0 Å². The molecule has 0 saturated carbocycles. The number of ether oxygens (including phenoxy) is 1. The number of para-hydroxylation sites is 1. The third-order valence-electron chi connectivity index (χ3n) is 2.27. The lowest BCUT2D eigenvalue weighted by atomic mass is 10.1. The van der Waals surface area contributed by atoms with Crippen LogP contribution in [0.4, 0.5) is 11.4 Å². The van der Waals surface area contributed by atoms with E-state index in [2.05, 4.69) is 5.32 Å². The SMILES string of the molecule is NC(=O)COCCNC(=O)c1cccc(N)c1[N+](=O)[O-]. The molecule has 0 atom stereocenters. The Kier molecular flexibility index (Phi) is 5.42. The number of nitrogens with two attached hydrogens (primary N) is 2. The van der Waals surface area contributed by atoms with Gasteiger partial charge in [0.15, 0.2) is 0 Å². The number of nitrogen functional groups attached to an aromatic ring is 1. The second-order valence-electron chi connectivity index (χ2n) is 3.78. The van der Waals surface area contributed by atoms with Crippen molar-refractivity contribution in [2.24, 2.45) is 5.73 Å². The summed E-state index contributed by atoms with van der Waals surface area (Å²) in [6.07, 6.45) is 0. The van der Waals surface area contributed by atoms with Gasteiger partial charge in [-0.15, -0.1) is 0 Å². The van der Waals surface area contributed by atoms with E-state index < -0.39 is 22.4 Å². The predicted octanol–water partition coefficient (Wildman–Crippen LogP) is -0.591. The summed E-state index contributed by atoms with van der Waals surface area (Å²) in [5, 5.41) is 13.3. The normalized spacial score (nSPS) is 10.0. The molecule has 0 aliphatic rings. The maximum atomic E-state index is 11.8. The molecule has 20 heavy (non-hydrogen) atoms. The highest BCUT2D eigenvalue weighted by Crippen LogP contribution is 2.25. The number of benzene rings is 1. The van der Waals surface area contributed by atoms with E-state index in [1.54, 1.807) is 0 Å². The average Bonchev–Trinajstić information content (AvgIpc) is 2.36. The summed E-state index contributed by atoms with van der Waals surface area (Å²) < 4.78 is 4.83. The molecule has 1 rings (SSSR count). The van der Waals surface area contributed by atoms with Crippen molar-refractivity contribution in [3.63, 3.8) is 0 Å². The lowest BCUT2D eigenvalue weighted by Crippen LogP contribution is -2.29. The molecule has 5 N–H and O–H groups in total. The molecule has 0 spiro atoms. The molecule has 2 amide bonds. The average molecular weight is 282 g/mol. The molecule has 0 bridgehead atoms. The van der Waals surface area contributed by atoms with Gasteiger partial charge in [0.05, 0.1) is 11.5 Å². The summed E-state index contributed by atoms with van der Waals surface area (Å²) >= 11 is 0. The minimum Gasteiger partial charge on any atom is -0.393 e. The molecule has 1 aromatic carbocycles. The number of carbonyl (C=O) groups is 2. The van der Waals surface area contributed by atoms with Gasteiger partial charge < -0.3 is 21.5 Å². The summed E-state index contributed by atoms with van der Waals surface area (Å²) in [5.74, 6) is -1.27. The zero-order chi connectivity index (χ0) is 15.1. The second-order valence-corrected chi connectivity index (χ2v) is 3.78. The molecular formula is C11H14N4O5. The lowest BCUT2D eigenvalue weighted by molar-refractivity contribution is -0.384.